The largest absolute Gasteiger partial charge is 0.478 e. The van der Waals surface area contributed by atoms with E-state index >= 15 is 0 Å². The molecule has 21 heavy (non-hydrogen) atoms. The number of carboxylic acids is 1. The maximum Gasteiger partial charge on any atom is 0.335 e. The summed E-state index contributed by atoms with van der Waals surface area (Å²) < 4.78 is 2.11. The van der Waals surface area contributed by atoms with Crippen LogP contribution in [0.15, 0.2) is 42.5 Å². The van der Waals surface area contributed by atoms with Crippen LogP contribution in [-0.4, -0.2) is 20.6 Å². The van der Waals surface area contributed by atoms with Gasteiger partial charge in [0.15, 0.2) is 0 Å². The monoisotopic (exact) mass is 280 g/mol. The van der Waals surface area contributed by atoms with Crippen molar-refractivity contribution >= 4 is 17.0 Å². The number of aromatic nitrogens is 2. The molecule has 2 aromatic carbocycles. The van der Waals surface area contributed by atoms with Gasteiger partial charge in [-0.1, -0.05) is 25.1 Å². The predicted molar refractivity (Wildman–Crippen MR) is 82.1 cm³/mol. The number of fused-ring (bicyclic) bond motifs is 1. The van der Waals surface area contributed by atoms with Gasteiger partial charge in [0.25, 0.3) is 0 Å². The number of nitrogens with zero attached hydrogens (tertiary/aromatic N) is 2. The van der Waals surface area contributed by atoms with Crippen molar-refractivity contribution in [2.45, 2.75) is 20.3 Å². The third-order valence-corrected chi connectivity index (χ3v) is 3.64. The lowest BCUT2D eigenvalue weighted by Gasteiger charge is -2.11. The zero-order valence-corrected chi connectivity index (χ0v) is 12.0. The van der Waals surface area contributed by atoms with E-state index in [-0.39, 0.29) is 5.56 Å². The van der Waals surface area contributed by atoms with E-state index in [1.165, 1.54) is 0 Å². The Kier molecular flexibility index (Phi) is 3.22. The van der Waals surface area contributed by atoms with Crippen LogP contribution in [0.25, 0.3) is 16.7 Å². The molecule has 4 heteroatoms. The van der Waals surface area contributed by atoms with Crippen molar-refractivity contribution in [1.29, 1.82) is 0 Å². The minimum Gasteiger partial charge on any atom is -0.478 e. The normalized spacial score (nSPS) is 11.0. The van der Waals surface area contributed by atoms with Crippen molar-refractivity contribution in [1.82, 2.24) is 9.55 Å². The first kappa shape index (κ1) is 13.4. The van der Waals surface area contributed by atoms with Gasteiger partial charge in [-0.25, -0.2) is 9.78 Å². The van der Waals surface area contributed by atoms with Crippen LogP contribution in [0.4, 0.5) is 0 Å². The molecule has 1 heterocycles. The van der Waals surface area contributed by atoms with Crippen LogP contribution in [-0.2, 0) is 6.42 Å². The molecule has 0 fully saturated rings. The van der Waals surface area contributed by atoms with Gasteiger partial charge in [0, 0.05) is 6.42 Å². The standard InChI is InChI=1S/C17H16N2O2/c1-3-16-18-13-10-12(17(20)21)8-9-15(13)19(16)14-7-5-4-6-11(14)2/h4-10H,3H2,1-2H3,(H,20,21). The van der Waals surface area contributed by atoms with Gasteiger partial charge >= 0.3 is 5.97 Å². The van der Waals surface area contributed by atoms with Gasteiger partial charge in [0.1, 0.15) is 5.82 Å². The first-order valence-electron chi connectivity index (χ1n) is 6.92. The van der Waals surface area contributed by atoms with Crippen LogP contribution in [0.2, 0.25) is 0 Å². The fourth-order valence-electron chi connectivity index (χ4n) is 2.58. The van der Waals surface area contributed by atoms with E-state index in [9.17, 15) is 4.79 Å². The van der Waals surface area contributed by atoms with Crippen LogP contribution in [0, 0.1) is 6.92 Å². The molecular weight excluding hydrogens is 264 g/mol. The maximum atomic E-state index is 11.1. The van der Waals surface area contributed by atoms with Crippen LogP contribution < -0.4 is 0 Å². The predicted octanol–water partition coefficient (Wildman–Crippen LogP) is 3.59. The van der Waals surface area contributed by atoms with E-state index in [4.69, 9.17) is 5.11 Å². The molecule has 0 radical (unpaired) electrons. The smallest absolute Gasteiger partial charge is 0.335 e. The molecule has 0 spiro atoms. The highest BCUT2D eigenvalue weighted by molar-refractivity contribution is 5.93. The lowest BCUT2D eigenvalue weighted by atomic mass is 10.1. The van der Waals surface area contributed by atoms with E-state index < -0.39 is 5.97 Å². The Balaban J connectivity index is 2.31. The average molecular weight is 280 g/mol. The lowest BCUT2D eigenvalue weighted by molar-refractivity contribution is 0.0697. The van der Waals surface area contributed by atoms with Crippen molar-refractivity contribution in [3.8, 4) is 5.69 Å². The lowest BCUT2D eigenvalue weighted by Crippen LogP contribution is -2.02. The van der Waals surface area contributed by atoms with E-state index in [2.05, 4.69) is 28.6 Å². The zero-order valence-electron chi connectivity index (χ0n) is 12.0. The molecule has 1 aromatic heterocycles. The summed E-state index contributed by atoms with van der Waals surface area (Å²) in [6.45, 7) is 4.11. The van der Waals surface area contributed by atoms with Gasteiger partial charge in [0.2, 0.25) is 0 Å². The molecule has 4 nitrogen and oxygen atoms in total. The molecule has 3 rings (SSSR count). The Bertz CT molecular complexity index is 834. The third kappa shape index (κ3) is 2.18. The maximum absolute atomic E-state index is 11.1. The van der Waals surface area contributed by atoms with E-state index in [1.54, 1.807) is 12.1 Å². The van der Waals surface area contributed by atoms with Crippen molar-refractivity contribution in [3.63, 3.8) is 0 Å². The molecule has 0 saturated carbocycles. The summed E-state index contributed by atoms with van der Waals surface area (Å²) in [5.41, 5.74) is 4.16. The second kappa shape index (κ2) is 5.05. The number of imidazole rings is 1. The van der Waals surface area contributed by atoms with Crippen LogP contribution in [0.3, 0.4) is 0 Å². The summed E-state index contributed by atoms with van der Waals surface area (Å²) in [6, 6.07) is 13.2. The highest BCUT2D eigenvalue weighted by Gasteiger charge is 2.14. The average Bonchev–Trinajstić information content (AvgIpc) is 2.85. The number of hydrogen-bond donors (Lipinski definition) is 1. The number of carbonyl (C=O) groups is 1. The number of benzene rings is 2. The molecule has 106 valence electrons. The van der Waals surface area contributed by atoms with Gasteiger partial charge in [-0.15, -0.1) is 0 Å². The minimum atomic E-state index is -0.930. The fraction of sp³-hybridized carbons (Fsp3) is 0.176. The Hall–Kier alpha value is -2.62. The van der Waals surface area contributed by atoms with Gasteiger partial charge in [-0.3, -0.25) is 4.57 Å². The highest BCUT2D eigenvalue weighted by Crippen LogP contribution is 2.25. The summed E-state index contributed by atoms with van der Waals surface area (Å²) >= 11 is 0. The molecule has 0 bridgehead atoms. The number of carboxylic acid groups (broad SMARTS) is 1. The number of hydrogen-bond acceptors (Lipinski definition) is 2. The highest BCUT2D eigenvalue weighted by atomic mass is 16.4. The number of aryl methyl sites for hydroxylation is 2. The molecule has 1 N–H and O–H groups in total. The summed E-state index contributed by atoms with van der Waals surface area (Å²) in [4.78, 5) is 15.7. The quantitative estimate of drug-likeness (QED) is 0.797. The van der Waals surface area contributed by atoms with Crippen LogP contribution >= 0.6 is 0 Å². The summed E-state index contributed by atoms with van der Waals surface area (Å²) in [6.07, 6.45) is 0.783. The molecule has 0 amide bonds. The van der Waals surface area contributed by atoms with E-state index in [1.807, 2.05) is 25.1 Å². The van der Waals surface area contributed by atoms with Gasteiger partial charge in [-0.05, 0) is 36.8 Å². The van der Waals surface area contributed by atoms with Gasteiger partial charge in [0.05, 0.1) is 22.3 Å². The topological polar surface area (TPSA) is 55.1 Å². The van der Waals surface area contributed by atoms with E-state index in [0.29, 0.717) is 0 Å². The van der Waals surface area contributed by atoms with Crippen molar-refractivity contribution < 1.29 is 9.90 Å². The summed E-state index contributed by atoms with van der Waals surface area (Å²) in [7, 11) is 0. The number of rotatable bonds is 3. The minimum absolute atomic E-state index is 0.264. The Morgan fingerprint density at radius 2 is 2.00 bits per heavy atom. The summed E-state index contributed by atoms with van der Waals surface area (Å²) in [5.74, 6) is 0.00206. The van der Waals surface area contributed by atoms with Crippen LogP contribution in [0.1, 0.15) is 28.7 Å². The second-order valence-corrected chi connectivity index (χ2v) is 5.01. The summed E-state index contributed by atoms with van der Waals surface area (Å²) in [5, 5.41) is 9.10. The number of aromatic carboxylic acids is 1. The molecule has 0 aliphatic heterocycles. The van der Waals surface area contributed by atoms with E-state index in [0.717, 1.165) is 34.5 Å². The molecule has 0 aliphatic rings. The first-order chi connectivity index (χ1) is 10.1. The Morgan fingerprint density at radius 3 is 2.67 bits per heavy atom. The van der Waals surface area contributed by atoms with Crippen LogP contribution in [0.5, 0.6) is 0 Å². The van der Waals surface area contributed by atoms with Gasteiger partial charge < -0.3 is 5.11 Å². The Labute approximate surface area is 122 Å². The molecular formula is C17H16N2O2. The first-order valence-corrected chi connectivity index (χ1v) is 6.92. The fourth-order valence-corrected chi connectivity index (χ4v) is 2.58. The zero-order chi connectivity index (χ0) is 15.0. The van der Waals surface area contributed by atoms with Gasteiger partial charge in [-0.2, -0.15) is 0 Å². The second-order valence-electron chi connectivity index (χ2n) is 5.01. The molecule has 3 aromatic rings. The SMILES string of the molecule is CCc1nc2cc(C(=O)O)ccc2n1-c1ccccc1C. The van der Waals surface area contributed by atoms with Crippen molar-refractivity contribution in [2.75, 3.05) is 0 Å². The molecule has 0 aliphatic carbocycles. The third-order valence-electron chi connectivity index (χ3n) is 3.64. The number of para-hydroxylation sites is 1. The molecule has 0 atom stereocenters. The molecule has 0 unspecified atom stereocenters. The van der Waals surface area contributed by atoms with Crippen molar-refractivity contribution in [3.05, 3.63) is 59.4 Å². The molecule has 0 saturated heterocycles. The van der Waals surface area contributed by atoms with Crippen molar-refractivity contribution in [2.24, 2.45) is 0 Å². The Morgan fingerprint density at radius 1 is 1.24 bits per heavy atom.